The van der Waals surface area contributed by atoms with Crippen LogP contribution in [0.2, 0.25) is 0 Å². The van der Waals surface area contributed by atoms with Gasteiger partial charge in [0.1, 0.15) is 0 Å². The van der Waals surface area contributed by atoms with E-state index in [0.29, 0.717) is 0 Å². The first-order valence-corrected chi connectivity index (χ1v) is 8.84. The van der Waals surface area contributed by atoms with Crippen molar-refractivity contribution < 1.29 is 51.0 Å². The van der Waals surface area contributed by atoms with E-state index in [1.807, 2.05) is 18.2 Å². The summed E-state index contributed by atoms with van der Waals surface area (Å²) in [5.41, 5.74) is 2.70. The Bertz CT molecular complexity index is 878. The van der Waals surface area contributed by atoms with Gasteiger partial charge < -0.3 is 39.2 Å². The number of hydrogen-bond acceptors (Lipinski definition) is 0. The zero-order chi connectivity index (χ0) is 18.1. The van der Waals surface area contributed by atoms with Crippen molar-refractivity contribution in [3.05, 3.63) is 105 Å². The van der Waals surface area contributed by atoms with Crippen LogP contribution >= 0.6 is 0 Å². The van der Waals surface area contributed by atoms with Gasteiger partial charge in [-0.2, -0.15) is 12.5 Å². The number of aryl methyl sites for hydroxylation is 2. The smallest absolute Gasteiger partial charge is 1.00 e. The topological polar surface area (TPSA) is 0 Å². The van der Waals surface area contributed by atoms with Crippen LogP contribution in [-0.2, 0) is 26.2 Å². The number of halogens is 2. The molecule has 0 aromatic heterocycles. The zero-order valence-corrected chi connectivity index (χ0v) is 21.6. The van der Waals surface area contributed by atoms with Crippen molar-refractivity contribution in [2.75, 3.05) is 0 Å². The van der Waals surface area contributed by atoms with E-state index in [1.165, 1.54) is 32.7 Å². The summed E-state index contributed by atoms with van der Waals surface area (Å²) in [6.45, 7) is 11.4. The Morgan fingerprint density at radius 1 is 1.13 bits per heavy atom. The SMILES string of the molecule is C.C=CCC[CH2-].Cc1ccc2c(c1)[cH-]c1cccc(C)c12.[C-]1=CC=CC1.[CH3-].[Cl-].[Cl-].[Zr+2]. The quantitative estimate of drug-likeness (QED) is 0.360. The third-order valence-corrected chi connectivity index (χ3v) is 4.09. The van der Waals surface area contributed by atoms with Crippen LogP contribution in [0.3, 0.4) is 0 Å². The van der Waals surface area contributed by atoms with Crippen molar-refractivity contribution in [3.63, 3.8) is 0 Å². The van der Waals surface area contributed by atoms with E-state index >= 15 is 0 Å². The predicted octanol–water partition coefficient (Wildman–Crippen LogP) is 2.51. The van der Waals surface area contributed by atoms with Crippen molar-refractivity contribution >= 4 is 21.5 Å². The molecule has 0 bridgehead atoms. The molecular formula is C27H34Cl2Zr-4. The van der Waals surface area contributed by atoms with E-state index < -0.39 is 0 Å². The summed E-state index contributed by atoms with van der Waals surface area (Å²) in [6, 6.07) is 15.5. The van der Waals surface area contributed by atoms with Crippen LogP contribution in [-0.4, -0.2) is 0 Å². The van der Waals surface area contributed by atoms with Crippen LogP contribution in [0.15, 0.2) is 73.3 Å². The second-order valence-electron chi connectivity index (χ2n) is 6.21. The largest absolute Gasteiger partial charge is 2.00 e. The van der Waals surface area contributed by atoms with Gasteiger partial charge in [0.15, 0.2) is 0 Å². The summed E-state index contributed by atoms with van der Waals surface area (Å²) >= 11 is 0. The van der Waals surface area contributed by atoms with Gasteiger partial charge in [0.05, 0.1) is 0 Å². The number of fused-ring (bicyclic) bond motifs is 3. The average molecular weight is 521 g/mol. The Balaban J connectivity index is -0.000000194. The molecular weight excluding hydrogens is 486 g/mol. The van der Waals surface area contributed by atoms with Crippen molar-refractivity contribution in [1.29, 1.82) is 0 Å². The van der Waals surface area contributed by atoms with E-state index in [4.69, 9.17) is 0 Å². The van der Waals surface area contributed by atoms with E-state index in [9.17, 15) is 0 Å². The van der Waals surface area contributed by atoms with E-state index in [-0.39, 0.29) is 65.9 Å². The van der Waals surface area contributed by atoms with Crippen molar-refractivity contribution in [1.82, 2.24) is 0 Å². The molecule has 0 saturated carbocycles. The molecule has 4 rings (SSSR count). The van der Waals surface area contributed by atoms with Crippen molar-refractivity contribution in [2.24, 2.45) is 0 Å². The van der Waals surface area contributed by atoms with Crippen LogP contribution < -0.4 is 24.8 Å². The van der Waals surface area contributed by atoms with E-state index in [0.717, 1.165) is 19.3 Å². The maximum atomic E-state index is 3.60. The summed E-state index contributed by atoms with van der Waals surface area (Å²) < 4.78 is 0. The first kappa shape index (κ1) is 36.4. The molecule has 1 aliphatic carbocycles. The molecule has 0 heterocycles. The Kier molecular flexibility index (Phi) is 24.2. The minimum Gasteiger partial charge on any atom is -1.00 e. The van der Waals surface area contributed by atoms with Gasteiger partial charge >= 0.3 is 26.2 Å². The van der Waals surface area contributed by atoms with Gasteiger partial charge in [0, 0.05) is 0 Å². The second-order valence-corrected chi connectivity index (χ2v) is 6.21. The maximum absolute atomic E-state index is 3.60. The molecule has 0 atom stereocenters. The fourth-order valence-electron chi connectivity index (χ4n) is 2.86. The van der Waals surface area contributed by atoms with Gasteiger partial charge in [-0.15, -0.1) is 52.7 Å². The maximum Gasteiger partial charge on any atom is 2.00 e. The first-order valence-electron chi connectivity index (χ1n) is 8.84. The summed E-state index contributed by atoms with van der Waals surface area (Å²) in [4.78, 5) is 0. The Hall–Kier alpha value is -1.01. The molecule has 0 fully saturated rings. The summed E-state index contributed by atoms with van der Waals surface area (Å²) in [5, 5.41) is 5.51. The third-order valence-electron chi connectivity index (χ3n) is 4.09. The molecule has 164 valence electrons. The molecule has 0 nitrogen and oxygen atoms in total. The molecule has 3 aromatic carbocycles. The van der Waals surface area contributed by atoms with Gasteiger partial charge in [0.25, 0.3) is 0 Å². The molecule has 1 aliphatic rings. The third kappa shape index (κ3) is 10.9. The zero-order valence-electron chi connectivity index (χ0n) is 17.6. The normalized spacial score (nSPS) is 9.83. The molecule has 0 amide bonds. The van der Waals surface area contributed by atoms with Gasteiger partial charge in [-0.05, 0) is 13.8 Å². The summed E-state index contributed by atoms with van der Waals surface area (Å²) in [6.07, 6.45) is 13.9. The number of rotatable bonds is 2. The van der Waals surface area contributed by atoms with Gasteiger partial charge in [-0.1, -0.05) is 55.3 Å². The van der Waals surface area contributed by atoms with Crippen LogP contribution in [0.5, 0.6) is 0 Å². The molecule has 3 heteroatoms. The monoisotopic (exact) mass is 518 g/mol. The molecule has 0 aliphatic heterocycles. The molecule has 0 spiro atoms. The molecule has 0 saturated heterocycles. The number of benzene rings is 2. The predicted molar refractivity (Wildman–Crippen MR) is 126 cm³/mol. The fourth-order valence-corrected chi connectivity index (χ4v) is 2.86. The Labute approximate surface area is 216 Å². The standard InChI is InChI=1S/C15H13.C5H5.C5H9.CH4.CH3.2ClH.Zr/c1-10-6-7-14-13(8-10)9-12-5-3-4-11(2)15(12)14;1-2-4-5-3-1;1-3-5-4-2;;;;;/h3-9H,1-2H3;1-3H,4H2;3H,1-2,4-5H2;1H4;1H3;2*1H;/q3*-1;;-1;;;+2/p-2. The number of hydrogen-bond donors (Lipinski definition) is 0. The van der Waals surface area contributed by atoms with Gasteiger partial charge in [-0.3, -0.25) is 6.08 Å². The Morgan fingerprint density at radius 3 is 2.30 bits per heavy atom. The van der Waals surface area contributed by atoms with Crippen LogP contribution in [0, 0.1) is 34.3 Å². The molecule has 30 heavy (non-hydrogen) atoms. The van der Waals surface area contributed by atoms with Gasteiger partial charge in [0.2, 0.25) is 0 Å². The average Bonchev–Trinajstić information content (AvgIpc) is 3.27. The number of allylic oxidation sites excluding steroid dienone is 5. The van der Waals surface area contributed by atoms with Crippen LogP contribution in [0.4, 0.5) is 0 Å². The van der Waals surface area contributed by atoms with Crippen molar-refractivity contribution in [3.8, 4) is 0 Å². The summed E-state index contributed by atoms with van der Waals surface area (Å²) in [7, 11) is 0. The van der Waals surface area contributed by atoms with E-state index in [2.05, 4.69) is 82.0 Å². The Morgan fingerprint density at radius 2 is 1.83 bits per heavy atom. The van der Waals surface area contributed by atoms with E-state index in [1.54, 1.807) is 0 Å². The van der Waals surface area contributed by atoms with Crippen LogP contribution in [0.1, 0.15) is 37.8 Å². The molecule has 0 radical (unpaired) electrons. The molecule has 0 N–H and O–H groups in total. The first-order chi connectivity index (χ1) is 12.2. The molecule has 3 aromatic rings. The molecule has 0 unspecified atom stereocenters. The van der Waals surface area contributed by atoms with Crippen molar-refractivity contribution in [2.45, 2.75) is 40.5 Å². The summed E-state index contributed by atoms with van der Waals surface area (Å²) in [5.74, 6) is 0. The minimum atomic E-state index is 0. The fraction of sp³-hybridized carbons (Fsp3) is 0.222. The number of unbranched alkanes of at least 4 members (excludes halogenated alkanes) is 1. The minimum absolute atomic E-state index is 0. The van der Waals surface area contributed by atoms with Crippen LogP contribution in [0.25, 0.3) is 21.5 Å². The second kappa shape index (κ2) is 19.9. The van der Waals surface area contributed by atoms with Gasteiger partial charge in [-0.25, -0.2) is 12.2 Å².